The van der Waals surface area contributed by atoms with Gasteiger partial charge in [-0.1, -0.05) is 6.07 Å². The third kappa shape index (κ3) is 5.54. The van der Waals surface area contributed by atoms with Gasteiger partial charge in [0.1, 0.15) is 5.75 Å². The minimum atomic E-state index is -1.15. The highest BCUT2D eigenvalue weighted by Gasteiger charge is 2.29. The van der Waals surface area contributed by atoms with Crippen LogP contribution < -0.4 is 15.4 Å². The van der Waals surface area contributed by atoms with E-state index in [4.69, 9.17) is 14.6 Å². The maximum atomic E-state index is 11.7. The number of methoxy groups -OCH3 is 1. The number of rotatable bonds is 9. The second-order valence-corrected chi connectivity index (χ2v) is 5.45. The summed E-state index contributed by atoms with van der Waals surface area (Å²) in [5.41, 5.74) is 0.607. The number of nitrogens with one attached hydrogen (secondary N) is 2. The molecule has 1 aliphatic rings. The average molecular weight is 336 g/mol. The highest BCUT2D eigenvalue weighted by Crippen LogP contribution is 2.30. The van der Waals surface area contributed by atoms with Crippen LogP contribution in [0.2, 0.25) is 0 Å². The van der Waals surface area contributed by atoms with Crippen molar-refractivity contribution >= 4 is 23.5 Å². The van der Waals surface area contributed by atoms with Crippen LogP contribution in [0.3, 0.4) is 0 Å². The van der Waals surface area contributed by atoms with Crippen LogP contribution in [0, 0.1) is 5.92 Å². The molecule has 0 radical (unpaired) electrons. The molecule has 0 aliphatic heterocycles. The van der Waals surface area contributed by atoms with Crippen LogP contribution in [-0.4, -0.2) is 49.3 Å². The first-order chi connectivity index (χ1) is 11.5. The number of carbonyl (C=O) groups is 3. The Hall–Kier alpha value is -2.61. The molecule has 1 aromatic rings. The molecule has 2 amide bonds. The Morgan fingerprint density at radius 2 is 2.08 bits per heavy atom. The zero-order valence-corrected chi connectivity index (χ0v) is 13.3. The summed E-state index contributed by atoms with van der Waals surface area (Å²) in [5, 5.41) is 14.0. The monoisotopic (exact) mass is 336 g/mol. The standard InChI is InChI=1S/C16H20N2O6/c1-23-13(16(21)22)8-17-14(19)9-24-12-4-2-3-11(7-12)18-15(20)10-5-6-10/h2-4,7,10,13H,5-6,8-9H2,1H3,(H,17,19)(H,18,20)(H,21,22). The molecule has 0 spiro atoms. The Labute approximate surface area is 139 Å². The number of carbonyl (C=O) groups excluding carboxylic acids is 2. The number of carboxylic acid groups (broad SMARTS) is 1. The third-order valence-corrected chi connectivity index (χ3v) is 3.46. The van der Waals surface area contributed by atoms with Crippen molar-refractivity contribution in [3.05, 3.63) is 24.3 Å². The van der Waals surface area contributed by atoms with E-state index < -0.39 is 18.0 Å². The number of aliphatic carboxylic acids is 1. The Bertz CT molecular complexity index is 614. The first-order valence-electron chi connectivity index (χ1n) is 7.55. The zero-order chi connectivity index (χ0) is 17.5. The summed E-state index contributed by atoms with van der Waals surface area (Å²) in [5.74, 6) is -1.10. The predicted octanol–water partition coefficient (Wildman–Crippen LogP) is 0.630. The van der Waals surface area contributed by atoms with Crippen LogP contribution in [0.25, 0.3) is 0 Å². The van der Waals surface area contributed by atoms with Gasteiger partial charge in [-0.3, -0.25) is 9.59 Å². The molecule has 3 N–H and O–H groups in total. The summed E-state index contributed by atoms with van der Waals surface area (Å²) in [7, 11) is 1.25. The van der Waals surface area contributed by atoms with E-state index >= 15 is 0 Å². The lowest BCUT2D eigenvalue weighted by atomic mass is 10.3. The predicted molar refractivity (Wildman–Crippen MR) is 84.7 cm³/mol. The SMILES string of the molecule is COC(CNC(=O)COc1cccc(NC(=O)C2CC2)c1)C(=O)O. The van der Waals surface area contributed by atoms with E-state index in [9.17, 15) is 14.4 Å². The van der Waals surface area contributed by atoms with E-state index in [0.29, 0.717) is 11.4 Å². The molecular weight excluding hydrogens is 316 g/mol. The van der Waals surface area contributed by atoms with Gasteiger partial charge in [0.2, 0.25) is 5.91 Å². The Morgan fingerprint density at radius 3 is 2.71 bits per heavy atom. The lowest BCUT2D eigenvalue weighted by molar-refractivity contribution is -0.148. The summed E-state index contributed by atoms with van der Waals surface area (Å²) in [6.45, 7) is -0.415. The molecule has 24 heavy (non-hydrogen) atoms. The van der Waals surface area contributed by atoms with E-state index in [1.807, 2.05) is 0 Å². The lowest BCUT2D eigenvalue weighted by Gasteiger charge is -2.12. The normalized spacial score (nSPS) is 14.5. The van der Waals surface area contributed by atoms with E-state index in [1.54, 1.807) is 24.3 Å². The first kappa shape index (κ1) is 17.7. The first-order valence-corrected chi connectivity index (χ1v) is 7.55. The van der Waals surface area contributed by atoms with Crippen molar-refractivity contribution in [3.8, 4) is 5.75 Å². The molecule has 130 valence electrons. The number of ether oxygens (including phenoxy) is 2. The number of benzene rings is 1. The smallest absolute Gasteiger partial charge is 0.334 e. The molecule has 1 aromatic carbocycles. The summed E-state index contributed by atoms with van der Waals surface area (Å²) >= 11 is 0. The molecule has 1 aliphatic carbocycles. The topological polar surface area (TPSA) is 114 Å². The summed E-state index contributed by atoms with van der Waals surface area (Å²) in [6, 6.07) is 6.74. The van der Waals surface area contributed by atoms with E-state index in [-0.39, 0.29) is 25.0 Å². The maximum Gasteiger partial charge on any atom is 0.334 e. The van der Waals surface area contributed by atoms with Crippen molar-refractivity contribution in [1.29, 1.82) is 0 Å². The van der Waals surface area contributed by atoms with Crippen LogP contribution in [0.4, 0.5) is 5.69 Å². The molecule has 1 atom stereocenters. The molecule has 1 unspecified atom stereocenters. The molecule has 0 saturated heterocycles. The van der Waals surface area contributed by atoms with E-state index in [0.717, 1.165) is 12.8 Å². The van der Waals surface area contributed by atoms with Crippen LogP contribution in [-0.2, 0) is 19.1 Å². The van der Waals surface area contributed by atoms with Gasteiger partial charge in [0.05, 0.1) is 6.54 Å². The lowest BCUT2D eigenvalue weighted by Crippen LogP contribution is -2.39. The molecule has 8 heteroatoms. The Morgan fingerprint density at radius 1 is 1.33 bits per heavy atom. The van der Waals surface area contributed by atoms with Crippen molar-refractivity contribution in [1.82, 2.24) is 5.32 Å². The van der Waals surface area contributed by atoms with Gasteiger partial charge in [0.15, 0.2) is 12.7 Å². The molecule has 1 fully saturated rings. The van der Waals surface area contributed by atoms with Gasteiger partial charge in [-0.2, -0.15) is 0 Å². The van der Waals surface area contributed by atoms with Crippen molar-refractivity contribution in [2.24, 2.45) is 5.92 Å². The number of carboxylic acids is 1. The van der Waals surface area contributed by atoms with Gasteiger partial charge in [0, 0.05) is 24.8 Å². The number of anilines is 1. The number of amides is 2. The molecular formula is C16H20N2O6. The highest BCUT2D eigenvalue weighted by molar-refractivity contribution is 5.94. The van der Waals surface area contributed by atoms with Gasteiger partial charge < -0.3 is 25.2 Å². The second kappa shape index (κ2) is 8.30. The molecule has 1 saturated carbocycles. The Balaban J connectivity index is 1.77. The minimum Gasteiger partial charge on any atom is -0.484 e. The average Bonchev–Trinajstić information content (AvgIpc) is 3.38. The minimum absolute atomic E-state index is 0.0100. The van der Waals surface area contributed by atoms with Gasteiger partial charge in [0.25, 0.3) is 5.91 Å². The van der Waals surface area contributed by atoms with Gasteiger partial charge in [-0.15, -0.1) is 0 Å². The van der Waals surface area contributed by atoms with E-state index in [2.05, 4.69) is 10.6 Å². The van der Waals surface area contributed by atoms with E-state index in [1.165, 1.54) is 7.11 Å². The highest BCUT2D eigenvalue weighted by atomic mass is 16.5. The molecule has 0 bridgehead atoms. The van der Waals surface area contributed by atoms with Crippen molar-refractivity contribution in [3.63, 3.8) is 0 Å². The fourth-order valence-electron chi connectivity index (χ4n) is 1.93. The van der Waals surface area contributed by atoms with Crippen molar-refractivity contribution in [2.45, 2.75) is 18.9 Å². The summed E-state index contributed by atoms with van der Waals surface area (Å²) in [6.07, 6.45) is 0.733. The largest absolute Gasteiger partial charge is 0.484 e. The summed E-state index contributed by atoms with van der Waals surface area (Å²) < 4.78 is 10.0. The zero-order valence-electron chi connectivity index (χ0n) is 13.3. The molecule has 0 aromatic heterocycles. The van der Waals surface area contributed by atoms with Gasteiger partial charge in [-0.05, 0) is 25.0 Å². The second-order valence-electron chi connectivity index (χ2n) is 5.45. The van der Waals surface area contributed by atoms with Crippen LogP contribution in [0.5, 0.6) is 5.75 Å². The van der Waals surface area contributed by atoms with Gasteiger partial charge in [-0.25, -0.2) is 4.79 Å². The van der Waals surface area contributed by atoms with Crippen LogP contribution in [0.15, 0.2) is 24.3 Å². The molecule has 8 nitrogen and oxygen atoms in total. The Kier molecular flexibility index (Phi) is 6.14. The quantitative estimate of drug-likeness (QED) is 0.609. The third-order valence-electron chi connectivity index (χ3n) is 3.46. The summed E-state index contributed by atoms with van der Waals surface area (Å²) in [4.78, 5) is 34.1. The van der Waals surface area contributed by atoms with Crippen LogP contribution >= 0.6 is 0 Å². The van der Waals surface area contributed by atoms with Crippen molar-refractivity contribution in [2.75, 3.05) is 25.6 Å². The fourth-order valence-corrected chi connectivity index (χ4v) is 1.93. The van der Waals surface area contributed by atoms with Crippen molar-refractivity contribution < 1.29 is 29.0 Å². The number of hydrogen-bond donors (Lipinski definition) is 3. The maximum absolute atomic E-state index is 11.7. The number of hydrogen-bond acceptors (Lipinski definition) is 5. The molecule has 0 heterocycles. The van der Waals surface area contributed by atoms with Crippen LogP contribution in [0.1, 0.15) is 12.8 Å². The fraction of sp³-hybridized carbons (Fsp3) is 0.438. The van der Waals surface area contributed by atoms with Gasteiger partial charge >= 0.3 is 5.97 Å². The molecule has 2 rings (SSSR count).